The zero-order valence-corrected chi connectivity index (χ0v) is 8.06. The summed E-state index contributed by atoms with van der Waals surface area (Å²) in [7, 11) is 1.22. The highest BCUT2D eigenvalue weighted by Crippen LogP contribution is 2.26. The largest absolute Gasteiger partial charge is 0.462 e. The van der Waals surface area contributed by atoms with E-state index in [0.717, 1.165) is 12.8 Å². The van der Waals surface area contributed by atoms with Crippen LogP contribution in [0.3, 0.4) is 0 Å². The van der Waals surface area contributed by atoms with Gasteiger partial charge in [-0.1, -0.05) is 0 Å². The molecule has 2 fully saturated rings. The van der Waals surface area contributed by atoms with Crippen molar-refractivity contribution in [1.29, 1.82) is 0 Å². The average molecular weight is 199 g/mol. The number of hydrogen-bond acceptors (Lipinski definition) is 4. The Labute approximate surface area is 82.0 Å². The van der Waals surface area contributed by atoms with Gasteiger partial charge < -0.3 is 14.4 Å². The van der Waals surface area contributed by atoms with E-state index < -0.39 is 11.9 Å². The van der Waals surface area contributed by atoms with Crippen LogP contribution in [0.25, 0.3) is 0 Å². The summed E-state index contributed by atoms with van der Waals surface area (Å²) in [5, 5.41) is 0. The predicted octanol–water partition coefficient (Wildman–Crippen LogP) is -0.451. The summed E-state index contributed by atoms with van der Waals surface area (Å²) in [5.74, 6) is -1.33. The number of ether oxygens (including phenoxy) is 2. The molecule has 2 bridgehead atoms. The zero-order chi connectivity index (χ0) is 10.1. The lowest BCUT2D eigenvalue weighted by molar-refractivity contribution is -0.162. The van der Waals surface area contributed by atoms with E-state index in [1.807, 2.05) is 0 Å². The zero-order valence-electron chi connectivity index (χ0n) is 8.06. The van der Waals surface area contributed by atoms with Gasteiger partial charge in [0, 0.05) is 13.1 Å². The smallest absolute Gasteiger partial charge is 0.396 e. The SMILES string of the molecule is COC(=O)C(=O)N1CC2CCC(C1)O2. The summed E-state index contributed by atoms with van der Waals surface area (Å²) in [4.78, 5) is 24.0. The van der Waals surface area contributed by atoms with E-state index in [0.29, 0.717) is 13.1 Å². The Morgan fingerprint density at radius 3 is 2.36 bits per heavy atom. The first-order chi connectivity index (χ1) is 6.70. The minimum atomic E-state index is -0.786. The molecule has 2 aliphatic rings. The van der Waals surface area contributed by atoms with Gasteiger partial charge in [-0.3, -0.25) is 4.79 Å². The van der Waals surface area contributed by atoms with Gasteiger partial charge in [0.25, 0.3) is 0 Å². The van der Waals surface area contributed by atoms with Crippen molar-refractivity contribution in [2.75, 3.05) is 20.2 Å². The van der Waals surface area contributed by atoms with Crippen LogP contribution in [0, 0.1) is 0 Å². The van der Waals surface area contributed by atoms with Gasteiger partial charge in [0.15, 0.2) is 0 Å². The Bertz CT molecular complexity index is 254. The van der Waals surface area contributed by atoms with E-state index in [9.17, 15) is 9.59 Å². The van der Waals surface area contributed by atoms with Crippen LogP contribution >= 0.6 is 0 Å². The van der Waals surface area contributed by atoms with Gasteiger partial charge in [-0.05, 0) is 12.8 Å². The second-order valence-electron chi connectivity index (χ2n) is 3.66. The highest BCUT2D eigenvalue weighted by atomic mass is 16.5. The van der Waals surface area contributed by atoms with Crippen LogP contribution in [-0.2, 0) is 19.1 Å². The summed E-state index contributed by atoms with van der Waals surface area (Å²) < 4.78 is 9.93. The van der Waals surface area contributed by atoms with Crippen LogP contribution < -0.4 is 0 Å². The van der Waals surface area contributed by atoms with Gasteiger partial charge in [-0.25, -0.2) is 4.79 Å². The van der Waals surface area contributed by atoms with Crippen molar-refractivity contribution in [3.63, 3.8) is 0 Å². The van der Waals surface area contributed by atoms with Gasteiger partial charge >= 0.3 is 11.9 Å². The Morgan fingerprint density at radius 1 is 1.29 bits per heavy atom. The highest BCUT2D eigenvalue weighted by Gasteiger charge is 2.37. The van der Waals surface area contributed by atoms with Crippen molar-refractivity contribution >= 4 is 11.9 Å². The number of amides is 1. The van der Waals surface area contributed by atoms with E-state index in [1.54, 1.807) is 0 Å². The summed E-state index contributed by atoms with van der Waals surface area (Å²) in [6.45, 7) is 1.04. The van der Waals surface area contributed by atoms with Gasteiger partial charge in [-0.15, -0.1) is 0 Å². The number of carbonyl (C=O) groups is 2. The molecule has 2 aliphatic heterocycles. The molecule has 0 aliphatic carbocycles. The molecular formula is C9H13NO4. The number of hydrogen-bond donors (Lipinski definition) is 0. The van der Waals surface area contributed by atoms with Crippen molar-refractivity contribution in [2.24, 2.45) is 0 Å². The fraction of sp³-hybridized carbons (Fsp3) is 0.778. The number of fused-ring (bicyclic) bond motifs is 2. The van der Waals surface area contributed by atoms with Crippen LogP contribution in [0.4, 0.5) is 0 Å². The van der Waals surface area contributed by atoms with Gasteiger partial charge in [0.05, 0.1) is 19.3 Å². The summed E-state index contributed by atoms with van der Waals surface area (Å²) in [6, 6.07) is 0. The van der Waals surface area contributed by atoms with Crippen molar-refractivity contribution in [3.05, 3.63) is 0 Å². The molecule has 0 aromatic rings. The molecule has 1 amide bonds. The van der Waals surface area contributed by atoms with E-state index in [4.69, 9.17) is 4.74 Å². The minimum absolute atomic E-state index is 0.113. The predicted molar refractivity (Wildman–Crippen MR) is 46.5 cm³/mol. The Kier molecular flexibility index (Phi) is 2.41. The maximum Gasteiger partial charge on any atom is 0.396 e. The normalized spacial score (nSPS) is 30.2. The molecule has 2 rings (SSSR count). The number of rotatable bonds is 0. The molecule has 0 aromatic heterocycles. The lowest BCUT2D eigenvalue weighted by Gasteiger charge is -2.31. The van der Waals surface area contributed by atoms with Crippen LogP contribution in [0.2, 0.25) is 0 Å². The van der Waals surface area contributed by atoms with Crippen LogP contribution in [0.5, 0.6) is 0 Å². The number of morpholine rings is 1. The van der Waals surface area contributed by atoms with Crippen molar-refractivity contribution < 1.29 is 19.1 Å². The Balaban J connectivity index is 1.99. The maximum absolute atomic E-state index is 11.4. The molecule has 2 saturated heterocycles. The van der Waals surface area contributed by atoms with E-state index in [-0.39, 0.29) is 12.2 Å². The standard InChI is InChI=1S/C9H13NO4/c1-13-9(12)8(11)10-4-6-2-3-7(5-10)14-6/h6-7H,2-5H2,1H3. The van der Waals surface area contributed by atoms with Crippen LogP contribution in [-0.4, -0.2) is 49.2 Å². The third kappa shape index (κ3) is 1.59. The molecule has 0 saturated carbocycles. The summed E-state index contributed by atoms with van der Waals surface area (Å²) in [5.41, 5.74) is 0. The van der Waals surface area contributed by atoms with Crippen molar-refractivity contribution in [3.8, 4) is 0 Å². The Hall–Kier alpha value is -1.10. The molecule has 0 radical (unpaired) electrons. The lowest BCUT2D eigenvalue weighted by Crippen LogP contribution is -2.48. The van der Waals surface area contributed by atoms with Crippen molar-refractivity contribution in [2.45, 2.75) is 25.0 Å². The molecular weight excluding hydrogens is 186 g/mol. The van der Waals surface area contributed by atoms with E-state index in [1.165, 1.54) is 12.0 Å². The van der Waals surface area contributed by atoms with Crippen molar-refractivity contribution in [1.82, 2.24) is 4.90 Å². The molecule has 2 unspecified atom stereocenters. The molecule has 2 heterocycles. The molecule has 5 nitrogen and oxygen atoms in total. The third-order valence-corrected chi connectivity index (χ3v) is 2.69. The lowest BCUT2D eigenvalue weighted by atomic mass is 10.2. The molecule has 5 heteroatoms. The number of likely N-dealkylation sites (tertiary alicyclic amines) is 1. The topological polar surface area (TPSA) is 55.8 Å². The molecule has 14 heavy (non-hydrogen) atoms. The maximum atomic E-state index is 11.4. The first-order valence-corrected chi connectivity index (χ1v) is 4.73. The molecule has 0 aromatic carbocycles. The van der Waals surface area contributed by atoms with E-state index >= 15 is 0 Å². The van der Waals surface area contributed by atoms with Gasteiger partial charge in [0.2, 0.25) is 0 Å². The van der Waals surface area contributed by atoms with E-state index in [2.05, 4.69) is 4.74 Å². The number of methoxy groups -OCH3 is 1. The monoisotopic (exact) mass is 199 g/mol. The second-order valence-corrected chi connectivity index (χ2v) is 3.66. The highest BCUT2D eigenvalue weighted by molar-refractivity contribution is 6.32. The van der Waals surface area contributed by atoms with Gasteiger partial charge in [0.1, 0.15) is 0 Å². The fourth-order valence-electron chi connectivity index (χ4n) is 2.00. The van der Waals surface area contributed by atoms with Gasteiger partial charge in [-0.2, -0.15) is 0 Å². The number of carbonyl (C=O) groups excluding carboxylic acids is 2. The quantitative estimate of drug-likeness (QED) is 0.391. The fourth-order valence-corrected chi connectivity index (χ4v) is 2.00. The second kappa shape index (κ2) is 3.57. The first kappa shape index (κ1) is 9.45. The number of esters is 1. The average Bonchev–Trinajstić information content (AvgIpc) is 2.55. The van der Waals surface area contributed by atoms with Crippen LogP contribution in [0.15, 0.2) is 0 Å². The molecule has 0 N–H and O–H groups in total. The molecule has 0 spiro atoms. The molecule has 78 valence electrons. The summed E-state index contributed by atoms with van der Waals surface area (Å²) in [6.07, 6.45) is 2.19. The summed E-state index contributed by atoms with van der Waals surface area (Å²) >= 11 is 0. The molecule has 2 atom stereocenters. The minimum Gasteiger partial charge on any atom is -0.462 e. The Morgan fingerprint density at radius 2 is 1.86 bits per heavy atom. The first-order valence-electron chi connectivity index (χ1n) is 4.73. The van der Waals surface area contributed by atoms with Crippen LogP contribution in [0.1, 0.15) is 12.8 Å². The number of nitrogens with zero attached hydrogens (tertiary/aromatic N) is 1. The third-order valence-electron chi connectivity index (χ3n) is 2.69.